The van der Waals surface area contributed by atoms with E-state index in [0.717, 1.165) is 52.7 Å². The third-order valence-electron chi connectivity index (χ3n) is 12.3. The molecule has 0 radical (unpaired) electrons. The van der Waals surface area contributed by atoms with Gasteiger partial charge in [0, 0.05) is 59.4 Å². The second kappa shape index (κ2) is 21.5. The number of pyridine rings is 4. The zero-order chi connectivity index (χ0) is 52.0. The number of piperidine rings is 1. The molecule has 15 nitrogen and oxygen atoms in total. The summed E-state index contributed by atoms with van der Waals surface area (Å²) in [6.07, 6.45) is 6.58. The molecule has 0 saturated carbocycles. The summed E-state index contributed by atoms with van der Waals surface area (Å²) in [4.78, 5) is 74.4. The first kappa shape index (κ1) is 53.7. The number of aryl methyl sites for hydroxylation is 2. The fourth-order valence-electron chi connectivity index (χ4n) is 9.07. The number of ether oxygens (including phenoxy) is 1. The number of aromatic nitrogens is 8. The van der Waals surface area contributed by atoms with E-state index < -0.39 is 34.7 Å². The van der Waals surface area contributed by atoms with Crippen molar-refractivity contribution in [3.8, 4) is 11.4 Å². The number of piperazine rings is 1. The van der Waals surface area contributed by atoms with E-state index in [1.165, 1.54) is 44.8 Å². The summed E-state index contributed by atoms with van der Waals surface area (Å²) in [6, 6.07) is 6.43. The Morgan fingerprint density at radius 2 is 1.14 bits per heavy atom. The number of carbonyl (C=O) groups is 1. The van der Waals surface area contributed by atoms with Crippen LogP contribution in [0, 0.1) is 25.5 Å². The standard InChI is InChI=1S/C27H34ClFN6O3S.C23H27ClFN5OS/c1-14(2)20-21(19(39-8)11-15(3)30-20)35-24-17(12-18(29)22(28)31-24)23(32-25(35)36)34-10-9-33(13-16(34)4)26(37)38-27(5,6)7;1-12(2)18-19(17(32-5)10-13(3)26-18)30-22-15(11-16(25)20(24)27-22)21(28-23(30)31)29-9-7-6-8-14(29)4/h11-12,14,16H,9-10,13H2,1-8H3;10-12,14H,6-9H2,1-5H3/t16-;14-/m00/s1. The lowest BCUT2D eigenvalue weighted by molar-refractivity contribution is 0.0218. The second-order valence-electron chi connectivity index (χ2n) is 19.6. The monoisotopic (exact) mass is 1050 g/mol. The summed E-state index contributed by atoms with van der Waals surface area (Å²) >= 11 is 15.3. The van der Waals surface area contributed by atoms with Gasteiger partial charge in [-0.2, -0.15) is 9.97 Å². The largest absolute Gasteiger partial charge is 0.444 e. The van der Waals surface area contributed by atoms with Crippen molar-refractivity contribution in [3.63, 3.8) is 0 Å². The Bertz CT molecular complexity index is 3150. The van der Waals surface area contributed by atoms with E-state index in [9.17, 15) is 23.2 Å². The van der Waals surface area contributed by atoms with Crippen molar-refractivity contribution in [2.24, 2.45) is 0 Å². The van der Waals surface area contributed by atoms with Crippen LogP contribution >= 0.6 is 46.7 Å². The third-order valence-corrected chi connectivity index (χ3v) is 14.4. The van der Waals surface area contributed by atoms with Crippen molar-refractivity contribution in [2.45, 2.75) is 135 Å². The van der Waals surface area contributed by atoms with Crippen molar-refractivity contribution >= 4 is 86.5 Å². The van der Waals surface area contributed by atoms with E-state index in [1.807, 2.05) is 98.8 Å². The number of fused-ring (bicyclic) bond motifs is 2. The number of hydrogen-bond donors (Lipinski definition) is 0. The Balaban J connectivity index is 0.000000213. The number of hydrogen-bond acceptors (Lipinski definition) is 14. The molecule has 1 amide bonds. The lowest BCUT2D eigenvalue weighted by Crippen LogP contribution is -2.55. The van der Waals surface area contributed by atoms with Crippen LogP contribution in [0.3, 0.4) is 0 Å². The highest BCUT2D eigenvalue weighted by Gasteiger charge is 2.34. The maximum Gasteiger partial charge on any atom is 0.410 e. The van der Waals surface area contributed by atoms with Gasteiger partial charge in [-0.15, -0.1) is 23.5 Å². The molecule has 6 aromatic heterocycles. The lowest BCUT2D eigenvalue weighted by Gasteiger charge is -2.41. The molecule has 0 spiro atoms. The van der Waals surface area contributed by atoms with Gasteiger partial charge in [0.15, 0.2) is 33.2 Å². The summed E-state index contributed by atoms with van der Waals surface area (Å²) in [5.41, 5.74) is 3.19. The smallest absolute Gasteiger partial charge is 0.410 e. The molecule has 380 valence electrons. The first-order valence-electron chi connectivity index (χ1n) is 23.6. The Kier molecular flexibility index (Phi) is 16.3. The molecule has 2 aliphatic heterocycles. The highest BCUT2D eigenvalue weighted by atomic mass is 35.5. The molecule has 2 atom stereocenters. The highest BCUT2D eigenvalue weighted by Crippen LogP contribution is 2.38. The van der Waals surface area contributed by atoms with Gasteiger partial charge in [-0.3, -0.25) is 9.97 Å². The molecule has 0 aromatic carbocycles. The predicted molar refractivity (Wildman–Crippen MR) is 282 cm³/mol. The van der Waals surface area contributed by atoms with E-state index in [0.29, 0.717) is 64.8 Å². The molecule has 8 rings (SSSR count). The lowest BCUT2D eigenvalue weighted by atomic mass is 10.0. The molecule has 0 N–H and O–H groups in total. The molecule has 0 bridgehead atoms. The Morgan fingerprint density at radius 3 is 1.54 bits per heavy atom. The number of halogens is 4. The van der Waals surface area contributed by atoms with Crippen molar-refractivity contribution in [1.82, 2.24) is 43.9 Å². The summed E-state index contributed by atoms with van der Waals surface area (Å²) in [7, 11) is 0. The summed E-state index contributed by atoms with van der Waals surface area (Å²) < 4.78 is 37.8. The second-order valence-corrected chi connectivity index (χ2v) is 22.0. The first-order valence-corrected chi connectivity index (χ1v) is 26.9. The Hall–Kier alpha value is -5.11. The molecule has 2 aliphatic rings. The zero-order valence-corrected chi connectivity index (χ0v) is 45.6. The summed E-state index contributed by atoms with van der Waals surface area (Å²) in [5, 5.41) is 0.206. The highest BCUT2D eigenvalue weighted by molar-refractivity contribution is 7.99. The molecule has 0 aliphatic carbocycles. The minimum atomic E-state index is -0.714. The minimum absolute atomic E-state index is 0.00991. The van der Waals surface area contributed by atoms with E-state index >= 15 is 0 Å². The molecular weight excluding hydrogens is 992 g/mol. The van der Waals surface area contributed by atoms with Crippen molar-refractivity contribution in [2.75, 3.05) is 48.5 Å². The van der Waals surface area contributed by atoms with Crippen LogP contribution in [0.15, 0.2) is 43.6 Å². The van der Waals surface area contributed by atoms with Gasteiger partial charge in [-0.1, -0.05) is 50.9 Å². The van der Waals surface area contributed by atoms with Crippen LogP contribution < -0.4 is 21.2 Å². The van der Waals surface area contributed by atoms with Crippen LogP contribution in [0.2, 0.25) is 10.3 Å². The van der Waals surface area contributed by atoms with Gasteiger partial charge in [0.1, 0.15) is 17.2 Å². The summed E-state index contributed by atoms with van der Waals surface area (Å²) in [6.45, 7) is 23.2. The van der Waals surface area contributed by atoms with Crippen LogP contribution in [0.25, 0.3) is 33.4 Å². The van der Waals surface area contributed by atoms with E-state index in [4.69, 9.17) is 37.9 Å². The maximum atomic E-state index is 14.8. The molecule has 6 aromatic rings. The number of carbonyl (C=O) groups excluding carboxylic acids is 1. The SMILES string of the molecule is CSc1cc(C)nc(C(C)C)c1-n1c(=O)nc(N2CCCC[C@@H]2C)c2cc(F)c(Cl)nc21.CSc1cc(C)nc(C(C)C)c1-n1c(=O)nc(N2CCN(C(=O)OC(C)(C)C)C[C@@H]2C)c2cc(F)c(Cl)nc21. The number of anilines is 2. The fraction of sp³-hybridized carbons (Fsp3) is 0.500. The molecule has 21 heteroatoms. The third kappa shape index (κ3) is 11.1. The normalized spacial score (nSPS) is 16.6. The molecule has 8 heterocycles. The number of amides is 1. The predicted octanol–water partition coefficient (Wildman–Crippen LogP) is 11.1. The first-order chi connectivity index (χ1) is 33.4. The number of rotatable bonds is 8. The van der Waals surface area contributed by atoms with Crippen molar-refractivity contribution in [3.05, 3.63) is 90.0 Å². The Morgan fingerprint density at radius 1 is 0.690 bits per heavy atom. The van der Waals surface area contributed by atoms with Crippen molar-refractivity contribution < 1.29 is 18.3 Å². The molecule has 2 fully saturated rings. The van der Waals surface area contributed by atoms with E-state index in [-0.39, 0.29) is 39.9 Å². The number of thioether (sulfide) groups is 2. The van der Waals surface area contributed by atoms with Crippen LogP contribution in [0.1, 0.15) is 116 Å². The molecule has 2 saturated heterocycles. The van der Waals surface area contributed by atoms with Crippen LogP contribution in [0.4, 0.5) is 25.2 Å². The zero-order valence-electron chi connectivity index (χ0n) is 42.4. The molecule has 0 unspecified atom stereocenters. The quantitative estimate of drug-likeness (QED) is 0.105. The van der Waals surface area contributed by atoms with Crippen LogP contribution in [0.5, 0.6) is 0 Å². The van der Waals surface area contributed by atoms with Crippen LogP contribution in [-0.2, 0) is 4.74 Å². The van der Waals surface area contributed by atoms with Crippen molar-refractivity contribution in [1.29, 1.82) is 0 Å². The fourth-order valence-corrected chi connectivity index (χ4v) is 10.7. The average molecular weight is 1050 g/mol. The van der Waals surface area contributed by atoms with Gasteiger partial charge in [0.2, 0.25) is 0 Å². The van der Waals surface area contributed by atoms with Gasteiger partial charge in [0.05, 0.1) is 33.5 Å². The van der Waals surface area contributed by atoms with Crippen LogP contribution in [-0.4, -0.2) is 106 Å². The van der Waals surface area contributed by atoms with E-state index in [2.05, 4.69) is 31.8 Å². The van der Waals surface area contributed by atoms with Gasteiger partial charge >= 0.3 is 17.5 Å². The maximum absolute atomic E-state index is 14.8. The van der Waals surface area contributed by atoms with Gasteiger partial charge in [-0.25, -0.2) is 42.3 Å². The minimum Gasteiger partial charge on any atom is -0.444 e. The van der Waals surface area contributed by atoms with Gasteiger partial charge in [-0.05, 0) is 116 Å². The number of nitrogens with zero attached hydrogens (tertiary/aromatic N) is 11. The summed E-state index contributed by atoms with van der Waals surface area (Å²) in [5.74, 6) is -0.544. The van der Waals surface area contributed by atoms with E-state index in [1.54, 1.807) is 4.90 Å². The topological polar surface area (TPSA) is 157 Å². The average Bonchev–Trinajstić information content (AvgIpc) is 3.29. The Labute approximate surface area is 431 Å². The van der Waals surface area contributed by atoms with Gasteiger partial charge < -0.3 is 19.4 Å². The molecule has 71 heavy (non-hydrogen) atoms. The molecular formula is C50H61Cl2F2N11O4S2. The van der Waals surface area contributed by atoms with Gasteiger partial charge in [0.25, 0.3) is 0 Å².